The van der Waals surface area contributed by atoms with Gasteiger partial charge in [0.25, 0.3) is 0 Å². The van der Waals surface area contributed by atoms with E-state index in [0.717, 1.165) is 50.1 Å². The Labute approximate surface area is 150 Å². The minimum absolute atomic E-state index is 0.229. The lowest BCUT2D eigenvalue weighted by atomic mass is 9.92. The van der Waals surface area contributed by atoms with E-state index in [-0.39, 0.29) is 12.0 Å². The number of unbranched alkanes of at least 4 members (excludes halogenated alkanes) is 1. The molecular weight excluding hydrogens is 318 g/mol. The van der Waals surface area contributed by atoms with Gasteiger partial charge in [-0.25, -0.2) is 0 Å². The van der Waals surface area contributed by atoms with E-state index < -0.39 is 5.97 Å². The molecule has 1 aromatic rings. The number of hydrogen-bond donors (Lipinski definition) is 1. The van der Waals surface area contributed by atoms with Crippen LogP contribution >= 0.6 is 0 Å². The average molecular weight is 349 g/mol. The molecule has 1 aromatic carbocycles. The van der Waals surface area contributed by atoms with E-state index in [2.05, 4.69) is 24.0 Å². The summed E-state index contributed by atoms with van der Waals surface area (Å²) in [7, 11) is 1.65. The molecule has 0 saturated carbocycles. The van der Waals surface area contributed by atoms with Gasteiger partial charge >= 0.3 is 5.97 Å². The summed E-state index contributed by atoms with van der Waals surface area (Å²) in [4.78, 5) is 13.8. The Morgan fingerprint density at radius 2 is 2.16 bits per heavy atom. The lowest BCUT2D eigenvalue weighted by Crippen LogP contribution is -2.41. The number of nitrogens with zero attached hydrogens (tertiary/aromatic N) is 1. The zero-order valence-corrected chi connectivity index (χ0v) is 15.7. The van der Waals surface area contributed by atoms with Crippen LogP contribution in [0.4, 0.5) is 0 Å². The summed E-state index contributed by atoms with van der Waals surface area (Å²) in [6.07, 6.45) is 4.99. The maximum absolute atomic E-state index is 11.4. The van der Waals surface area contributed by atoms with E-state index in [9.17, 15) is 9.90 Å². The fourth-order valence-electron chi connectivity index (χ4n) is 3.62. The minimum Gasteiger partial charge on any atom is -0.493 e. The van der Waals surface area contributed by atoms with Crippen molar-refractivity contribution in [3.05, 3.63) is 23.8 Å². The first-order chi connectivity index (χ1) is 12.1. The number of methoxy groups -OCH3 is 1. The minimum atomic E-state index is -0.677. The number of ether oxygens (including phenoxy) is 2. The molecule has 0 amide bonds. The lowest BCUT2D eigenvalue weighted by molar-refractivity contribution is -0.144. The third-order valence-corrected chi connectivity index (χ3v) is 4.95. The van der Waals surface area contributed by atoms with Gasteiger partial charge in [-0.3, -0.25) is 9.69 Å². The van der Waals surface area contributed by atoms with Gasteiger partial charge < -0.3 is 14.6 Å². The van der Waals surface area contributed by atoms with E-state index >= 15 is 0 Å². The summed E-state index contributed by atoms with van der Waals surface area (Å²) in [6, 6.07) is 6.34. The Morgan fingerprint density at radius 1 is 1.36 bits per heavy atom. The van der Waals surface area contributed by atoms with E-state index in [1.807, 2.05) is 13.0 Å². The molecule has 0 aromatic heterocycles. The van der Waals surface area contributed by atoms with E-state index in [1.165, 1.54) is 5.56 Å². The number of likely N-dealkylation sites (tertiary alicyclic amines) is 1. The van der Waals surface area contributed by atoms with Crippen LogP contribution in [-0.2, 0) is 4.79 Å². The molecule has 140 valence electrons. The van der Waals surface area contributed by atoms with Gasteiger partial charge in [-0.1, -0.05) is 25.8 Å². The van der Waals surface area contributed by atoms with Crippen molar-refractivity contribution in [2.45, 2.75) is 52.0 Å². The third-order valence-electron chi connectivity index (χ3n) is 4.95. The molecule has 2 unspecified atom stereocenters. The molecule has 1 aliphatic rings. The summed E-state index contributed by atoms with van der Waals surface area (Å²) in [6.45, 7) is 6.31. The van der Waals surface area contributed by atoms with Gasteiger partial charge in [0.1, 0.15) is 0 Å². The van der Waals surface area contributed by atoms with Crippen molar-refractivity contribution in [3.8, 4) is 11.5 Å². The largest absolute Gasteiger partial charge is 0.493 e. The van der Waals surface area contributed by atoms with Crippen LogP contribution in [0.5, 0.6) is 11.5 Å². The van der Waals surface area contributed by atoms with Gasteiger partial charge in [-0.05, 0) is 50.4 Å². The Bertz CT molecular complexity index is 561. The predicted molar refractivity (Wildman–Crippen MR) is 98.4 cm³/mol. The first kappa shape index (κ1) is 19.6. The van der Waals surface area contributed by atoms with Crippen molar-refractivity contribution < 1.29 is 19.4 Å². The number of hydrogen-bond acceptors (Lipinski definition) is 4. The number of rotatable bonds is 9. The van der Waals surface area contributed by atoms with Gasteiger partial charge in [0, 0.05) is 12.6 Å². The highest BCUT2D eigenvalue weighted by Crippen LogP contribution is 2.36. The molecule has 1 heterocycles. The lowest BCUT2D eigenvalue weighted by Gasteiger charge is -2.37. The first-order valence-corrected chi connectivity index (χ1v) is 9.38. The molecule has 1 aliphatic heterocycles. The number of piperidine rings is 1. The predicted octanol–water partition coefficient (Wildman–Crippen LogP) is 4.12. The summed E-state index contributed by atoms with van der Waals surface area (Å²) in [5.74, 6) is 0.559. The van der Waals surface area contributed by atoms with E-state index in [4.69, 9.17) is 9.47 Å². The van der Waals surface area contributed by atoms with Gasteiger partial charge in [0.05, 0.1) is 19.6 Å². The second kappa shape index (κ2) is 9.66. The van der Waals surface area contributed by atoms with E-state index in [1.54, 1.807) is 7.11 Å². The standard InChI is InChI=1S/C20H31NO4/c1-4-6-9-17(21-12-7-8-16(14-21)20(22)23)15-10-11-18(24-3)19(13-15)25-5-2/h10-11,13,16-17H,4-9,12,14H2,1-3H3,(H,22,23). The fourth-order valence-corrected chi connectivity index (χ4v) is 3.62. The first-order valence-electron chi connectivity index (χ1n) is 9.38. The Morgan fingerprint density at radius 3 is 2.80 bits per heavy atom. The van der Waals surface area contributed by atoms with Crippen molar-refractivity contribution in [1.29, 1.82) is 0 Å². The molecule has 5 heteroatoms. The van der Waals surface area contributed by atoms with Crippen LogP contribution in [-0.4, -0.2) is 42.8 Å². The molecule has 0 radical (unpaired) electrons. The molecule has 2 rings (SSSR count). The van der Waals surface area contributed by atoms with Crippen LogP contribution in [0.25, 0.3) is 0 Å². The smallest absolute Gasteiger partial charge is 0.307 e. The van der Waals surface area contributed by atoms with Crippen LogP contribution in [0.15, 0.2) is 18.2 Å². The fraction of sp³-hybridized carbons (Fsp3) is 0.650. The van der Waals surface area contributed by atoms with Crippen LogP contribution in [0, 0.1) is 5.92 Å². The van der Waals surface area contributed by atoms with Crippen LogP contribution in [0.2, 0.25) is 0 Å². The normalized spacial score (nSPS) is 19.4. The third kappa shape index (κ3) is 5.11. The SMILES string of the molecule is CCCCC(c1ccc(OC)c(OCC)c1)N1CCCC(C(=O)O)C1. The number of benzene rings is 1. The molecule has 1 saturated heterocycles. The van der Waals surface area contributed by atoms with E-state index in [0.29, 0.717) is 13.2 Å². The van der Waals surface area contributed by atoms with Gasteiger partial charge in [-0.15, -0.1) is 0 Å². The summed E-state index contributed by atoms with van der Waals surface area (Å²) in [5, 5.41) is 9.40. The van der Waals surface area contributed by atoms with Crippen molar-refractivity contribution in [2.24, 2.45) is 5.92 Å². The molecule has 0 bridgehead atoms. The van der Waals surface area contributed by atoms with Crippen LogP contribution in [0.3, 0.4) is 0 Å². The Hall–Kier alpha value is -1.75. The number of aliphatic carboxylic acids is 1. The Kier molecular flexibility index (Phi) is 7.56. The second-order valence-electron chi connectivity index (χ2n) is 6.67. The highest BCUT2D eigenvalue weighted by atomic mass is 16.5. The highest BCUT2D eigenvalue weighted by Gasteiger charge is 2.30. The van der Waals surface area contributed by atoms with Crippen molar-refractivity contribution in [3.63, 3.8) is 0 Å². The molecule has 1 N–H and O–H groups in total. The van der Waals surface area contributed by atoms with Crippen LogP contribution in [0.1, 0.15) is 57.6 Å². The molecule has 2 atom stereocenters. The van der Waals surface area contributed by atoms with Crippen molar-refractivity contribution in [2.75, 3.05) is 26.8 Å². The maximum atomic E-state index is 11.4. The molecule has 1 fully saturated rings. The summed E-state index contributed by atoms with van der Waals surface area (Å²) in [5.41, 5.74) is 1.18. The molecule has 25 heavy (non-hydrogen) atoms. The quantitative estimate of drug-likeness (QED) is 0.727. The summed E-state index contributed by atoms with van der Waals surface area (Å²) < 4.78 is 11.1. The molecule has 0 spiro atoms. The zero-order valence-electron chi connectivity index (χ0n) is 15.7. The second-order valence-corrected chi connectivity index (χ2v) is 6.67. The highest BCUT2D eigenvalue weighted by molar-refractivity contribution is 5.70. The van der Waals surface area contributed by atoms with Crippen LogP contribution < -0.4 is 9.47 Å². The van der Waals surface area contributed by atoms with Gasteiger partial charge in [-0.2, -0.15) is 0 Å². The monoisotopic (exact) mass is 349 g/mol. The zero-order chi connectivity index (χ0) is 18.2. The van der Waals surface area contributed by atoms with Gasteiger partial charge in [0.2, 0.25) is 0 Å². The topological polar surface area (TPSA) is 59.0 Å². The Balaban J connectivity index is 2.27. The molecule has 5 nitrogen and oxygen atoms in total. The number of carboxylic acid groups (broad SMARTS) is 1. The maximum Gasteiger partial charge on any atom is 0.307 e. The number of carboxylic acids is 1. The number of carbonyl (C=O) groups is 1. The summed E-state index contributed by atoms with van der Waals surface area (Å²) >= 11 is 0. The van der Waals surface area contributed by atoms with Crippen molar-refractivity contribution in [1.82, 2.24) is 4.90 Å². The van der Waals surface area contributed by atoms with Gasteiger partial charge in [0.15, 0.2) is 11.5 Å². The molecular formula is C20H31NO4. The average Bonchev–Trinajstić information content (AvgIpc) is 2.63. The van der Waals surface area contributed by atoms with Crippen molar-refractivity contribution >= 4 is 5.97 Å². The molecule has 0 aliphatic carbocycles.